The molecular formula is C19H20ClNO4. The van der Waals surface area contributed by atoms with E-state index in [1.54, 1.807) is 18.2 Å². The second kappa shape index (κ2) is 9.08. The molecule has 132 valence electrons. The topological polar surface area (TPSA) is 64.6 Å². The molecule has 0 aromatic heterocycles. The molecule has 0 saturated carbocycles. The van der Waals surface area contributed by atoms with Crippen molar-refractivity contribution < 1.29 is 19.1 Å². The Morgan fingerprint density at radius 1 is 1.16 bits per heavy atom. The highest BCUT2D eigenvalue weighted by atomic mass is 35.5. The smallest absolute Gasteiger partial charge is 0.313 e. The van der Waals surface area contributed by atoms with Crippen molar-refractivity contribution in [2.45, 2.75) is 19.3 Å². The number of ether oxygens (including phenoxy) is 2. The van der Waals surface area contributed by atoms with Crippen molar-refractivity contribution >= 4 is 29.2 Å². The lowest BCUT2D eigenvalue weighted by atomic mass is 9.97. The number of halogens is 1. The standard InChI is InChI=1S/C19H20ClNO4/c1-3-15(13-7-5-4-6-8-13)19(23)25-12-18(22)21-14-9-10-17(24-2)16(20)11-14/h4-11,15H,3,12H2,1-2H3,(H,21,22). The second-order valence-corrected chi connectivity index (χ2v) is 5.78. The Balaban J connectivity index is 1.90. The molecule has 2 aromatic rings. The molecule has 2 rings (SSSR count). The molecule has 1 N–H and O–H groups in total. The number of hydrogen-bond acceptors (Lipinski definition) is 4. The van der Waals surface area contributed by atoms with Gasteiger partial charge >= 0.3 is 5.97 Å². The molecule has 0 radical (unpaired) electrons. The molecule has 0 heterocycles. The number of hydrogen-bond donors (Lipinski definition) is 1. The normalized spacial score (nSPS) is 11.5. The number of nitrogens with one attached hydrogen (secondary N) is 1. The predicted molar refractivity (Wildman–Crippen MR) is 97.1 cm³/mol. The van der Waals surface area contributed by atoms with Crippen LogP contribution < -0.4 is 10.1 Å². The number of carbonyl (C=O) groups excluding carboxylic acids is 2. The van der Waals surface area contributed by atoms with Gasteiger partial charge in [-0.05, 0) is 30.2 Å². The predicted octanol–water partition coefficient (Wildman–Crippen LogP) is 4.02. The molecule has 0 spiro atoms. The van der Waals surface area contributed by atoms with E-state index in [4.69, 9.17) is 21.1 Å². The number of anilines is 1. The molecule has 0 aliphatic carbocycles. The molecule has 6 heteroatoms. The van der Waals surface area contributed by atoms with Crippen LogP contribution >= 0.6 is 11.6 Å². The first-order valence-electron chi connectivity index (χ1n) is 7.90. The Morgan fingerprint density at radius 2 is 1.88 bits per heavy atom. The number of amides is 1. The summed E-state index contributed by atoms with van der Waals surface area (Å²) in [7, 11) is 1.51. The van der Waals surface area contributed by atoms with Crippen LogP contribution in [0.2, 0.25) is 5.02 Å². The van der Waals surface area contributed by atoms with Gasteiger partial charge in [0.15, 0.2) is 6.61 Å². The molecule has 0 fully saturated rings. The molecule has 0 saturated heterocycles. The van der Waals surface area contributed by atoms with Crippen molar-refractivity contribution in [3.63, 3.8) is 0 Å². The van der Waals surface area contributed by atoms with Gasteiger partial charge in [-0.1, -0.05) is 48.9 Å². The number of carbonyl (C=O) groups is 2. The highest BCUT2D eigenvalue weighted by Gasteiger charge is 2.21. The lowest BCUT2D eigenvalue weighted by Gasteiger charge is -2.14. The van der Waals surface area contributed by atoms with E-state index in [1.165, 1.54) is 7.11 Å². The quantitative estimate of drug-likeness (QED) is 0.756. The third-order valence-electron chi connectivity index (χ3n) is 3.68. The van der Waals surface area contributed by atoms with Crippen molar-refractivity contribution in [2.24, 2.45) is 0 Å². The van der Waals surface area contributed by atoms with Crippen LogP contribution in [0.3, 0.4) is 0 Å². The Hall–Kier alpha value is -2.53. The zero-order valence-electron chi connectivity index (χ0n) is 14.1. The van der Waals surface area contributed by atoms with Crippen molar-refractivity contribution in [3.8, 4) is 5.75 Å². The Kier molecular flexibility index (Phi) is 6.83. The summed E-state index contributed by atoms with van der Waals surface area (Å²) in [5.41, 5.74) is 1.37. The molecule has 1 amide bonds. The third-order valence-corrected chi connectivity index (χ3v) is 3.97. The van der Waals surface area contributed by atoms with Crippen LogP contribution in [-0.2, 0) is 14.3 Å². The largest absolute Gasteiger partial charge is 0.495 e. The van der Waals surface area contributed by atoms with E-state index in [0.717, 1.165) is 5.56 Å². The van der Waals surface area contributed by atoms with Gasteiger partial charge in [0.1, 0.15) is 5.75 Å². The molecule has 25 heavy (non-hydrogen) atoms. The summed E-state index contributed by atoms with van der Waals surface area (Å²) in [5, 5.41) is 3.01. The van der Waals surface area contributed by atoms with E-state index in [0.29, 0.717) is 22.9 Å². The molecule has 5 nitrogen and oxygen atoms in total. The highest BCUT2D eigenvalue weighted by Crippen LogP contribution is 2.27. The van der Waals surface area contributed by atoms with Gasteiger partial charge < -0.3 is 14.8 Å². The monoisotopic (exact) mass is 361 g/mol. The minimum atomic E-state index is -0.433. The lowest BCUT2D eigenvalue weighted by Crippen LogP contribution is -2.23. The van der Waals surface area contributed by atoms with E-state index in [2.05, 4.69) is 5.32 Å². The summed E-state index contributed by atoms with van der Waals surface area (Å²) in [5.74, 6) is -0.724. The third kappa shape index (κ3) is 5.22. The van der Waals surface area contributed by atoms with Gasteiger partial charge in [0.05, 0.1) is 18.1 Å². The average Bonchev–Trinajstić information content (AvgIpc) is 2.62. The van der Waals surface area contributed by atoms with Crippen LogP contribution in [0.1, 0.15) is 24.8 Å². The Bertz CT molecular complexity index is 733. The molecule has 0 bridgehead atoms. The van der Waals surface area contributed by atoms with Crippen LogP contribution in [0.15, 0.2) is 48.5 Å². The van der Waals surface area contributed by atoms with Crippen molar-refractivity contribution in [3.05, 3.63) is 59.1 Å². The minimum absolute atomic E-state index is 0.355. The first-order chi connectivity index (χ1) is 12.0. The van der Waals surface area contributed by atoms with Gasteiger partial charge in [-0.2, -0.15) is 0 Å². The number of esters is 1. The fourth-order valence-corrected chi connectivity index (χ4v) is 2.66. The van der Waals surface area contributed by atoms with Crippen molar-refractivity contribution in [2.75, 3.05) is 19.0 Å². The first kappa shape index (κ1) is 18.8. The maximum absolute atomic E-state index is 12.2. The number of rotatable bonds is 7. The van der Waals surface area contributed by atoms with E-state index < -0.39 is 11.9 Å². The SMILES string of the molecule is CCC(C(=O)OCC(=O)Nc1ccc(OC)c(Cl)c1)c1ccccc1. The van der Waals surface area contributed by atoms with Crippen LogP contribution in [0.5, 0.6) is 5.75 Å². The van der Waals surface area contributed by atoms with E-state index in [1.807, 2.05) is 37.3 Å². The van der Waals surface area contributed by atoms with E-state index in [9.17, 15) is 9.59 Å². The van der Waals surface area contributed by atoms with Gasteiger partial charge in [-0.15, -0.1) is 0 Å². The van der Waals surface area contributed by atoms with Crippen LogP contribution in [-0.4, -0.2) is 25.6 Å². The first-order valence-corrected chi connectivity index (χ1v) is 8.28. The van der Waals surface area contributed by atoms with Gasteiger partial charge in [0.2, 0.25) is 0 Å². The summed E-state index contributed by atoms with van der Waals surface area (Å²) < 4.78 is 10.2. The summed E-state index contributed by atoms with van der Waals surface area (Å²) in [6.07, 6.45) is 0.596. The molecule has 0 aliphatic rings. The van der Waals surface area contributed by atoms with Crippen LogP contribution in [0.4, 0.5) is 5.69 Å². The highest BCUT2D eigenvalue weighted by molar-refractivity contribution is 6.32. The fraction of sp³-hybridized carbons (Fsp3) is 0.263. The lowest BCUT2D eigenvalue weighted by molar-refractivity contribution is -0.149. The van der Waals surface area contributed by atoms with Crippen LogP contribution in [0, 0.1) is 0 Å². The minimum Gasteiger partial charge on any atom is -0.495 e. The van der Waals surface area contributed by atoms with Gasteiger partial charge in [-0.3, -0.25) is 9.59 Å². The zero-order valence-corrected chi connectivity index (χ0v) is 14.9. The zero-order chi connectivity index (χ0) is 18.2. The average molecular weight is 362 g/mol. The summed E-state index contributed by atoms with van der Waals surface area (Å²) >= 11 is 6.01. The summed E-state index contributed by atoms with van der Waals surface area (Å²) in [6, 6.07) is 14.2. The Labute approximate surface area is 151 Å². The maximum atomic E-state index is 12.2. The molecule has 0 aliphatic heterocycles. The second-order valence-electron chi connectivity index (χ2n) is 5.38. The molecule has 1 unspecified atom stereocenters. The summed E-state index contributed by atoms with van der Waals surface area (Å²) in [4.78, 5) is 24.2. The summed E-state index contributed by atoms with van der Waals surface area (Å²) in [6.45, 7) is 1.55. The molecular weight excluding hydrogens is 342 g/mol. The maximum Gasteiger partial charge on any atom is 0.313 e. The molecule has 2 aromatic carbocycles. The van der Waals surface area contributed by atoms with E-state index in [-0.39, 0.29) is 12.5 Å². The number of benzene rings is 2. The van der Waals surface area contributed by atoms with E-state index >= 15 is 0 Å². The Morgan fingerprint density at radius 3 is 2.48 bits per heavy atom. The number of methoxy groups -OCH3 is 1. The van der Waals surface area contributed by atoms with Gasteiger partial charge in [-0.25, -0.2) is 0 Å². The van der Waals surface area contributed by atoms with Crippen LogP contribution in [0.25, 0.3) is 0 Å². The van der Waals surface area contributed by atoms with Gasteiger partial charge in [0.25, 0.3) is 5.91 Å². The van der Waals surface area contributed by atoms with Crippen molar-refractivity contribution in [1.82, 2.24) is 0 Å². The van der Waals surface area contributed by atoms with Crippen molar-refractivity contribution in [1.29, 1.82) is 0 Å². The fourth-order valence-electron chi connectivity index (χ4n) is 2.40. The molecule has 1 atom stereocenters. The van der Waals surface area contributed by atoms with Gasteiger partial charge in [0, 0.05) is 5.69 Å².